The molecule has 0 aromatic heterocycles. The van der Waals surface area contributed by atoms with E-state index >= 15 is 0 Å². The molecule has 2 N–H and O–H groups in total. The monoisotopic (exact) mass is 306 g/mol. The number of halogens is 4. The third kappa shape index (κ3) is 5.22. The van der Waals surface area contributed by atoms with E-state index in [1.54, 1.807) is 6.08 Å². The van der Waals surface area contributed by atoms with Crippen LogP contribution in [0.3, 0.4) is 0 Å². The van der Waals surface area contributed by atoms with Crippen LogP contribution < -0.4 is 10.6 Å². The third-order valence-corrected chi connectivity index (χ3v) is 2.71. The Balaban J connectivity index is 2.67. The van der Waals surface area contributed by atoms with Crippen LogP contribution in [0.15, 0.2) is 30.9 Å². The lowest BCUT2D eigenvalue weighted by atomic mass is 10.2. The number of benzene rings is 1. The van der Waals surface area contributed by atoms with Gasteiger partial charge in [-0.05, 0) is 18.2 Å². The van der Waals surface area contributed by atoms with E-state index in [2.05, 4.69) is 17.2 Å². The van der Waals surface area contributed by atoms with Crippen LogP contribution >= 0.6 is 11.6 Å². The van der Waals surface area contributed by atoms with Gasteiger partial charge in [0.2, 0.25) is 5.91 Å². The van der Waals surface area contributed by atoms with Gasteiger partial charge in [0.05, 0.1) is 16.3 Å². The predicted molar refractivity (Wildman–Crippen MR) is 72.8 cm³/mol. The van der Waals surface area contributed by atoms with E-state index in [1.807, 2.05) is 0 Å². The van der Waals surface area contributed by atoms with Crippen molar-refractivity contribution in [1.29, 1.82) is 0 Å². The van der Waals surface area contributed by atoms with Gasteiger partial charge < -0.3 is 10.6 Å². The molecule has 0 spiro atoms. The predicted octanol–water partition coefficient (Wildman–Crippen LogP) is 3.46. The fourth-order valence-corrected chi connectivity index (χ4v) is 1.58. The van der Waals surface area contributed by atoms with Gasteiger partial charge in [0.15, 0.2) is 0 Å². The molecule has 7 heteroatoms. The average molecular weight is 307 g/mol. The molecule has 0 fully saturated rings. The SMILES string of the molecule is C=CCNCCC(=O)Nc1cc(C(F)(F)F)ccc1Cl. The number of nitrogens with one attached hydrogen (secondary N) is 2. The summed E-state index contributed by atoms with van der Waals surface area (Å²) in [6.45, 7) is 4.45. The molecule has 0 aliphatic carbocycles. The number of anilines is 1. The molecule has 1 amide bonds. The number of amides is 1. The van der Waals surface area contributed by atoms with Crippen molar-refractivity contribution < 1.29 is 18.0 Å². The van der Waals surface area contributed by atoms with Crippen molar-refractivity contribution in [1.82, 2.24) is 5.32 Å². The Labute approximate surface area is 119 Å². The zero-order chi connectivity index (χ0) is 15.2. The summed E-state index contributed by atoms with van der Waals surface area (Å²) in [7, 11) is 0. The summed E-state index contributed by atoms with van der Waals surface area (Å²) in [5.74, 6) is -0.414. The van der Waals surface area contributed by atoms with Crippen molar-refractivity contribution in [3.8, 4) is 0 Å². The second-order valence-corrected chi connectivity index (χ2v) is 4.39. The molecule has 0 unspecified atom stereocenters. The molecular weight excluding hydrogens is 293 g/mol. The number of hydrogen-bond acceptors (Lipinski definition) is 2. The van der Waals surface area contributed by atoms with Gasteiger partial charge in [-0.15, -0.1) is 6.58 Å². The topological polar surface area (TPSA) is 41.1 Å². The van der Waals surface area contributed by atoms with E-state index in [0.717, 1.165) is 18.2 Å². The van der Waals surface area contributed by atoms with E-state index in [1.165, 1.54) is 0 Å². The quantitative estimate of drug-likeness (QED) is 0.624. The molecule has 0 radical (unpaired) electrons. The highest BCUT2D eigenvalue weighted by atomic mass is 35.5. The van der Waals surface area contributed by atoms with Gasteiger partial charge in [-0.3, -0.25) is 4.79 Å². The Morgan fingerprint density at radius 1 is 1.40 bits per heavy atom. The molecular formula is C13H14ClF3N2O. The van der Waals surface area contributed by atoms with Crippen molar-refractivity contribution in [2.75, 3.05) is 18.4 Å². The first-order valence-corrected chi connectivity index (χ1v) is 6.20. The first kappa shape index (κ1) is 16.5. The molecule has 1 aromatic carbocycles. The molecule has 1 aromatic rings. The van der Waals surface area contributed by atoms with Crippen molar-refractivity contribution in [2.24, 2.45) is 0 Å². The lowest BCUT2D eigenvalue weighted by Gasteiger charge is -2.11. The number of carbonyl (C=O) groups excluding carboxylic acids is 1. The smallest absolute Gasteiger partial charge is 0.325 e. The van der Waals surface area contributed by atoms with Crippen LogP contribution in [0.4, 0.5) is 18.9 Å². The van der Waals surface area contributed by atoms with E-state index in [4.69, 9.17) is 11.6 Å². The second-order valence-electron chi connectivity index (χ2n) is 3.98. The highest BCUT2D eigenvalue weighted by Gasteiger charge is 2.31. The van der Waals surface area contributed by atoms with E-state index < -0.39 is 17.6 Å². The molecule has 0 heterocycles. The Morgan fingerprint density at radius 3 is 2.70 bits per heavy atom. The number of alkyl halides is 3. The largest absolute Gasteiger partial charge is 0.416 e. The first-order valence-electron chi connectivity index (χ1n) is 5.83. The summed E-state index contributed by atoms with van der Waals surface area (Å²) >= 11 is 5.76. The third-order valence-electron chi connectivity index (χ3n) is 2.39. The highest BCUT2D eigenvalue weighted by molar-refractivity contribution is 6.33. The number of carbonyl (C=O) groups is 1. The minimum atomic E-state index is -4.48. The lowest BCUT2D eigenvalue weighted by Crippen LogP contribution is -2.22. The van der Waals surface area contributed by atoms with Crippen LogP contribution in [0.2, 0.25) is 5.02 Å². The molecule has 0 saturated heterocycles. The second kappa shape index (κ2) is 7.31. The molecule has 0 aliphatic heterocycles. The van der Waals surface area contributed by atoms with Gasteiger partial charge in [-0.1, -0.05) is 17.7 Å². The van der Waals surface area contributed by atoms with Crippen molar-refractivity contribution >= 4 is 23.2 Å². The van der Waals surface area contributed by atoms with Crippen LogP contribution in [0.5, 0.6) is 0 Å². The summed E-state index contributed by atoms with van der Waals surface area (Å²) in [4.78, 5) is 11.6. The maximum Gasteiger partial charge on any atom is 0.416 e. The van der Waals surface area contributed by atoms with Crippen LogP contribution in [0.25, 0.3) is 0 Å². The Bertz CT molecular complexity index is 489. The van der Waals surface area contributed by atoms with E-state index in [-0.39, 0.29) is 17.1 Å². The van der Waals surface area contributed by atoms with Gasteiger partial charge in [-0.2, -0.15) is 13.2 Å². The Hall–Kier alpha value is -1.53. The molecule has 0 bridgehead atoms. The zero-order valence-electron chi connectivity index (χ0n) is 10.6. The summed E-state index contributed by atoms with van der Waals surface area (Å²) in [6, 6.07) is 2.79. The van der Waals surface area contributed by atoms with Crippen molar-refractivity contribution in [3.63, 3.8) is 0 Å². The molecule has 3 nitrogen and oxygen atoms in total. The Morgan fingerprint density at radius 2 is 2.10 bits per heavy atom. The maximum atomic E-state index is 12.5. The zero-order valence-corrected chi connectivity index (χ0v) is 11.3. The van der Waals surface area contributed by atoms with Crippen LogP contribution in [-0.4, -0.2) is 19.0 Å². The van der Waals surface area contributed by atoms with Crippen LogP contribution in [0.1, 0.15) is 12.0 Å². The minimum absolute atomic E-state index is 0.0461. The molecule has 110 valence electrons. The van der Waals surface area contributed by atoms with Crippen molar-refractivity contribution in [3.05, 3.63) is 41.4 Å². The summed E-state index contributed by atoms with van der Waals surface area (Å²) in [5.41, 5.74) is -0.905. The van der Waals surface area contributed by atoms with Gasteiger partial charge in [0, 0.05) is 19.5 Å². The molecule has 1 rings (SSSR count). The Kier molecular flexibility index (Phi) is 6.04. The minimum Gasteiger partial charge on any atom is -0.325 e. The fraction of sp³-hybridized carbons (Fsp3) is 0.308. The fourth-order valence-electron chi connectivity index (χ4n) is 1.42. The van der Waals surface area contributed by atoms with Crippen LogP contribution in [0, 0.1) is 0 Å². The highest BCUT2D eigenvalue weighted by Crippen LogP contribution is 2.33. The lowest BCUT2D eigenvalue weighted by molar-refractivity contribution is -0.137. The van der Waals surface area contributed by atoms with Gasteiger partial charge in [-0.25, -0.2) is 0 Å². The van der Waals surface area contributed by atoms with Gasteiger partial charge >= 0.3 is 6.18 Å². The summed E-state index contributed by atoms with van der Waals surface area (Å²) in [5, 5.41) is 5.33. The number of rotatable bonds is 6. The normalized spacial score (nSPS) is 11.2. The summed E-state index contributed by atoms with van der Waals surface area (Å²) < 4.78 is 37.6. The first-order chi connectivity index (χ1) is 9.34. The van der Waals surface area contributed by atoms with Crippen molar-refractivity contribution in [2.45, 2.75) is 12.6 Å². The van der Waals surface area contributed by atoms with E-state index in [0.29, 0.717) is 13.1 Å². The molecule has 20 heavy (non-hydrogen) atoms. The van der Waals surface area contributed by atoms with Crippen LogP contribution in [-0.2, 0) is 11.0 Å². The number of hydrogen-bond donors (Lipinski definition) is 2. The molecule has 0 atom stereocenters. The molecule has 0 saturated carbocycles. The summed E-state index contributed by atoms with van der Waals surface area (Å²) in [6.07, 6.45) is -2.71. The van der Waals surface area contributed by atoms with E-state index in [9.17, 15) is 18.0 Å². The maximum absolute atomic E-state index is 12.5. The average Bonchev–Trinajstić information content (AvgIpc) is 2.36. The van der Waals surface area contributed by atoms with Gasteiger partial charge in [0.1, 0.15) is 0 Å². The molecule has 0 aliphatic rings. The standard InChI is InChI=1S/C13H14ClF3N2O/c1-2-6-18-7-5-12(20)19-11-8-9(13(15,16)17)3-4-10(11)14/h2-4,8,18H,1,5-7H2,(H,19,20). The van der Waals surface area contributed by atoms with Gasteiger partial charge in [0.25, 0.3) is 0 Å².